The minimum atomic E-state index is -0.126. The SMILES string of the molecule is Cn1cnc2cc(CNC(=O)c3cccnc3)ccc21. The van der Waals surface area contributed by atoms with Crippen LogP contribution in [0.15, 0.2) is 49.1 Å². The Morgan fingerprint density at radius 1 is 1.35 bits per heavy atom. The number of carbonyl (C=O) groups is 1. The highest BCUT2D eigenvalue weighted by atomic mass is 16.1. The maximum atomic E-state index is 11.9. The van der Waals surface area contributed by atoms with E-state index in [9.17, 15) is 4.79 Å². The lowest BCUT2D eigenvalue weighted by molar-refractivity contribution is 0.0950. The maximum Gasteiger partial charge on any atom is 0.253 e. The first kappa shape index (κ1) is 12.3. The second-order valence-electron chi connectivity index (χ2n) is 4.60. The van der Waals surface area contributed by atoms with E-state index in [-0.39, 0.29) is 5.91 Å². The standard InChI is InChI=1S/C15H14N4O/c1-19-10-18-13-7-11(4-5-14(13)19)8-17-15(20)12-3-2-6-16-9-12/h2-7,9-10H,8H2,1H3,(H,17,20). The third-order valence-corrected chi connectivity index (χ3v) is 3.17. The van der Waals surface area contributed by atoms with Gasteiger partial charge in [-0.05, 0) is 29.8 Å². The Labute approximate surface area is 116 Å². The number of hydrogen-bond donors (Lipinski definition) is 1. The van der Waals surface area contributed by atoms with Crippen molar-refractivity contribution in [1.29, 1.82) is 0 Å². The van der Waals surface area contributed by atoms with Crippen LogP contribution in [0.25, 0.3) is 11.0 Å². The molecule has 3 rings (SSSR count). The third kappa shape index (κ3) is 2.38. The summed E-state index contributed by atoms with van der Waals surface area (Å²) >= 11 is 0. The molecule has 0 aliphatic carbocycles. The number of imidazole rings is 1. The van der Waals surface area contributed by atoms with Gasteiger partial charge in [-0.3, -0.25) is 9.78 Å². The summed E-state index contributed by atoms with van der Waals surface area (Å²) in [5.41, 5.74) is 3.59. The number of hydrogen-bond acceptors (Lipinski definition) is 3. The maximum absolute atomic E-state index is 11.9. The van der Waals surface area contributed by atoms with Gasteiger partial charge in [0.1, 0.15) is 0 Å². The first-order valence-electron chi connectivity index (χ1n) is 6.32. The Morgan fingerprint density at radius 2 is 2.25 bits per heavy atom. The molecule has 2 heterocycles. The topological polar surface area (TPSA) is 59.8 Å². The number of pyridine rings is 1. The van der Waals surface area contributed by atoms with Crippen LogP contribution in [-0.2, 0) is 13.6 Å². The molecule has 5 nitrogen and oxygen atoms in total. The fourth-order valence-corrected chi connectivity index (χ4v) is 2.07. The van der Waals surface area contributed by atoms with Gasteiger partial charge in [0, 0.05) is 26.0 Å². The number of nitrogens with one attached hydrogen (secondary N) is 1. The molecule has 1 aromatic carbocycles. The molecule has 0 atom stereocenters. The first-order valence-corrected chi connectivity index (χ1v) is 6.32. The summed E-state index contributed by atoms with van der Waals surface area (Å²) < 4.78 is 1.97. The van der Waals surface area contributed by atoms with E-state index in [1.165, 1.54) is 0 Å². The molecular formula is C15H14N4O. The first-order chi connectivity index (χ1) is 9.74. The fourth-order valence-electron chi connectivity index (χ4n) is 2.07. The number of benzene rings is 1. The zero-order valence-electron chi connectivity index (χ0n) is 11.1. The molecule has 0 unspecified atom stereocenters. The lowest BCUT2D eigenvalue weighted by atomic mass is 10.2. The van der Waals surface area contributed by atoms with Gasteiger partial charge in [0.15, 0.2) is 0 Å². The van der Waals surface area contributed by atoms with Crippen molar-refractivity contribution in [3.63, 3.8) is 0 Å². The highest BCUT2D eigenvalue weighted by Crippen LogP contribution is 2.13. The van der Waals surface area contributed by atoms with Gasteiger partial charge < -0.3 is 9.88 Å². The Hall–Kier alpha value is -2.69. The molecular weight excluding hydrogens is 252 g/mol. The molecule has 1 amide bonds. The summed E-state index contributed by atoms with van der Waals surface area (Å²) in [6.45, 7) is 0.472. The quantitative estimate of drug-likeness (QED) is 0.787. The van der Waals surface area contributed by atoms with E-state index in [1.54, 1.807) is 30.9 Å². The van der Waals surface area contributed by atoms with Gasteiger partial charge in [-0.1, -0.05) is 6.07 Å². The van der Waals surface area contributed by atoms with E-state index in [1.807, 2.05) is 29.8 Å². The van der Waals surface area contributed by atoms with Crippen molar-refractivity contribution in [2.75, 3.05) is 0 Å². The number of aryl methyl sites for hydroxylation is 1. The van der Waals surface area contributed by atoms with Crippen molar-refractivity contribution in [1.82, 2.24) is 19.9 Å². The van der Waals surface area contributed by atoms with Gasteiger partial charge in [-0.25, -0.2) is 4.98 Å². The van der Waals surface area contributed by atoms with E-state index in [4.69, 9.17) is 0 Å². The van der Waals surface area contributed by atoms with Crippen LogP contribution in [0.4, 0.5) is 0 Å². The second-order valence-corrected chi connectivity index (χ2v) is 4.60. The molecule has 0 radical (unpaired) electrons. The Morgan fingerprint density at radius 3 is 3.05 bits per heavy atom. The van der Waals surface area contributed by atoms with Gasteiger partial charge in [0.25, 0.3) is 5.91 Å². The summed E-state index contributed by atoms with van der Waals surface area (Å²) in [5.74, 6) is -0.126. The summed E-state index contributed by atoms with van der Waals surface area (Å²) in [6, 6.07) is 9.47. The van der Waals surface area contributed by atoms with E-state index >= 15 is 0 Å². The molecule has 3 aromatic rings. The van der Waals surface area contributed by atoms with Crippen molar-refractivity contribution in [3.8, 4) is 0 Å². The van der Waals surface area contributed by atoms with Crippen molar-refractivity contribution in [3.05, 3.63) is 60.2 Å². The predicted octanol–water partition coefficient (Wildman–Crippen LogP) is 1.90. The Balaban J connectivity index is 1.72. The van der Waals surface area contributed by atoms with E-state index in [2.05, 4.69) is 15.3 Å². The molecule has 100 valence electrons. The van der Waals surface area contributed by atoms with Crippen molar-refractivity contribution < 1.29 is 4.79 Å². The number of aromatic nitrogens is 3. The van der Waals surface area contributed by atoms with Crippen LogP contribution in [-0.4, -0.2) is 20.4 Å². The molecule has 0 fully saturated rings. The van der Waals surface area contributed by atoms with E-state index in [0.29, 0.717) is 12.1 Å². The lowest BCUT2D eigenvalue weighted by Gasteiger charge is -2.05. The van der Waals surface area contributed by atoms with Crippen molar-refractivity contribution >= 4 is 16.9 Å². The van der Waals surface area contributed by atoms with Crippen LogP contribution >= 0.6 is 0 Å². The van der Waals surface area contributed by atoms with Crippen LogP contribution in [0.2, 0.25) is 0 Å². The molecule has 1 N–H and O–H groups in total. The van der Waals surface area contributed by atoms with Crippen LogP contribution in [0, 0.1) is 0 Å². The van der Waals surface area contributed by atoms with Gasteiger partial charge >= 0.3 is 0 Å². The zero-order chi connectivity index (χ0) is 13.9. The average molecular weight is 266 g/mol. The minimum absolute atomic E-state index is 0.126. The Kier molecular flexibility index (Phi) is 3.16. The van der Waals surface area contributed by atoms with Gasteiger partial charge in [-0.15, -0.1) is 0 Å². The van der Waals surface area contributed by atoms with E-state index in [0.717, 1.165) is 16.6 Å². The normalized spacial score (nSPS) is 10.7. The summed E-state index contributed by atoms with van der Waals surface area (Å²) in [7, 11) is 1.96. The molecule has 2 aromatic heterocycles. The highest BCUT2D eigenvalue weighted by molar-refractivity contribution is 5.93. The summed E-state index contributed by atoms with van der Waals surface area (Å²) in [5, 5.41) is 2.87. The summed E-state index contributed by atoms with van der Waals surface area (Å²) in [4.78, 5) is 20.2. The number of amides is 1. The molecule has 0 spiro atoms. The number of rotatable bonds is 3. The molecule has 0 saturated carbocycles. The largest absolute Gasteiger partial charge is 0.348 e. The fraction of sp³-hybridized carbons (Fsp3) is 0.133. The van der Waals surface area contributed by atoms with Crippen LogP contribution in [0.1, 0.15) is 15.9 Å². The average Bonchev–Trinajstić information content (AvgIpc) is 2.87. The molecule has 0 aliphatic rings. The Bertz CT molecular complexity index is 749. The zero-order valence-corrected chi connectivity index (χ0v) is 11.1. The van der Waals surface area contributed by atoms with Crippen LogP contribution < -0.4 is 5.32 Å². The molecule has 20 heavy (non-hydrogen) atoms. The van der Waals surface area contributed by atoms with Crippen molar-refractivity contribution in [2.45, 2.75) is 6.54 Å². The van der Waals surface area contributed by atoms with Gasteiger partial charge in [0.05, 0.1) is 22.9 Å². The van der Waals surface area contributed by atoms with Gasteiger partial charge in [0.2, 0.25) is 0 Å². The molecule has 0 aliphatic heterocycles. The minimum Gasteiger partial charge on any atom is -0.348 e. The number of nitrogens with zero attached hydrogens (tertiary/aromatic N) is 3. The van der Waals surface area contributed by atoms with Crippen molar-refractivity contribution in [2.24, 2.45) is 7.05 Å². The highest BCUT2D eigenvalue weighted by Gasteiger charge is 2.06. The number of carbonyl (C=O) groups excluding carboxylic acids is 1. The smallest absolute Gasteiger partial charge is 0.253 e. The monoisotopic (exact) mass is 266 g/mol. The summed E-state index contributed by atoms with van der Waals surface area (Å²) in [6.07, 6.45) is 4.98. The number of fused-ring (bicyclic) bond motifs is 1. The van der Waals surface area contributed by atoms with E-state index < -0.39 is 0 Å². The van der Waals surface area contributed by atoms with Gasteiger partial charge in [-0.2, -0.15) is 0 Å². The third-order valence-electron chi connectivity index (χ3n) is 3.17. The van der Waals surface area contributed by atoms with Crippen LogP contribution in [0.5, 0.6) is 0 Å². The molecule has 0 saturated heterocycles. The van der Waals surface area contributed by atoms with Crippen LogP contribution in [0.3, 0.4) is 0 Å². The molecule has 0 bridgehead atoms. The second kappa shape index (κ2) is 5.13. The predicted molar refractivity (Wildman–Crippen MR) is 76.1 cm³/mol. The molecule has 5 heteroatoms. The lowest BCUT2D eigenvalue weighted by Crippen LogP contribution is -2.22.